The van der Waals surface area contributed by atoms with E-state index in [2.05, 4.69) is 25.7 Å². The van der Waals surface area contributed by atoms with Gasteiger partial charge < -0.3 is 14.6 Å². The summed E-state index contributed by atoms with van der Waals surface area (Å²) in [7, 11) is 3.04. The Morgan fingerprint density at radius 2 is 1.94 bits per heavy atom. The van der Waals surface area contributed by atoms with E-state index in [0.717, 1.165) is 17.8 Å². The zero-order valence-corrected chi connectivity index (χ0v) is 18.4. The van der Waals surface area contributed by atoms with E-state index in [1.165, 1.54) is 23.9 Å². The second kappa shape index (κ2) is 8.89. The molecule has 2 heterocycles. The normalized spacial score (nSPS) is 11.4. The molecule has 2 N–H and O–H groups in total. The maximum atomic E-state index is 12.9. The molecule has 0 aliphatic carbocycles. The molecule has 0 saturated carbocycles. The van der Waals surface area contributed by atoms with Gasteiger partial charge in [-0.25, -0.2) is 9.67 Å². The van der Waals surface area contributed by atoms with Crippen LogP contribution >= 0.6 is 0 Å². The molecule has 4 rings (SSSR count). The van der Waals surface area contributed by atoms with Gasteiger partial charge in [-0.2, -0.15) is 18.2 Å². The Kier molecular flexibility index (Phi) is 5.97. The summed E-state index contributed by atoms with van der Waals surface area (Å²) in [6, 6.07) is 9.60. The topological polar surface area (TPSA) is 98.9 Å². The summed E-state index contributed by atoms with van der Waals surface area (Å²) in [6.45, 7) is 1.86. The van der Waals surface area contributed by atoms with Crippen LogP contribution in [0, 0.1) is 6.92 Å². The summed E-state index contributed by atoms with van der Waals surface area (Å²) in [5, 5.41) is 9.45. The molecular formula is C22H20F3N7O2. The van der Waals surface area contributed by atoms with Gasteiger partial charge in [-0.15, -0.1) is 5.10 Å². The highest BCUT2D eigenvalue weighted by atomic mass is 19.4. The first kappa shape index (κ1) is 22.8. The second-order valence-electron chi connectivity index (χ2n) is 7.35. The number of nitrogens with zero attached hydrogens (tertiary/aromatic N) is 5. The molecule has 4 aromatic rings. The van der Waals surface area contributed by atoms with Gasteiger partial charge in [-0.1, -0.05) is 6.07 Å². The maximum absolute atomic E-state index is 12.9. The number of nitrogens with one attached hydrogen (secondary N) is 2. The van der Waals surface area contributed by atoms with Gasteiger partial charge in [0, 0.05) is 24.5 Å². The van der Waals surface area contributed by atoms with E-state index in [1.807, 2.05) is 13.1 Å². The number of amides is 1. The lowest BCUT2D eigenvalue weighted by molar-refractivity contribution is -0.137. The number of aromatic nitrogens is 5. The molecule has 0 spiro atoms. The summed E-state index contributed by atoms with van der Waals surface area (Å²) in [5.74, 6) is 0.113. The second-order valence-corrected chi connectivity index (χ2v) is 7.35. The Hall–Kier alpha value is -4.35. The van der Waals surface area contributed by atoms with Crippen molar-refractivity contribution in [3.8, 4) is 11.4 Å². The van der Waals surface area contributed by atoms with Crippen LogP contribution in [0.4, 0.5) is 30.8 Å². The van der Waals surface area contributed by atoms with E-state index in [0.29, 0.717) is 17.0 Å². The SMILES string of the molecule is COc1cc(C(=O)Nc2nc(Nc3cccc(C(F)(F)F)c3)n(C)n2)ccc1-n1cnc(C)c1. The number of imidazole rings is 1. The lowest BCUT2D eigenvalue weighted by Gasteiger charge is -2.11. The van der Waals surface area contributed by atoms with Crippen LogP contribution in [0.5, 0.6) is 5.75 Å². The van der Waals surface area contributed by atoms with Crippen molar-refractivity contribution in [2.75, 3.05) is 17.7 Å². The molecule has 0 atom stereocenters. The minimum atomic E-state index is -4.47. The first-order valence-electron chi connectivity index (χ1n) is 9.99. The van der Waals surface area contributed by atoms with E-state index < -0.39 is 17.6 Å². The molecule has 0 fully saturated rings. The van der Waals surface area contributed by atoms with Gasteiger partial charge in [0.15, 0.2) is 0 Å². The first-order valence-corrected chi connectivity index (χ1v) is 9.99. The molecule has 1 amide bonds. The molecule has 0 bridgehead atoms. The van der Waals surface area contributed by atoms with Gasteiger partial charge in [-0.3, -0.25) is 10.1 Å². The maximum Gasteiger partial charge on any atom is 0.416 e. The fraction of sp³-hybridized carbons (Fsp3) is 0.182. The zero-order chi connectivity index (χ0) is 24.5. The Balaban J connectivity index is 1.51. The van der Waals surface area contributed by atoms with Crippen molar-refractivity contribution < 1.29 is 22.7 Å². The number of methoxy groups -OCH3 is 1. The Bertz CT molecular complexity index is 1340. The molecule has 12 heteroatoms. The molecule has 34 heavy (non-hydrogen) atoms. The van der Waals surface area contributed by atoms with E-state index in [-0.39, 0.29) is 17.6 Å². The number of halogens is 3. The summed E-state index contributed by atoms with van der Waals surface area (Å²) >= 11 is 0. The minimum Gasteiger partial charge on any atom is -0.495 e. The molecule has 176 valence electrons. The van der Waals surface area contributed by atoms with Gasteiger partial charge in [0.2, 0.25) is 5.95 Å². The largest absolute Gasteiger partial charge is 0.495 e. The van der Waals surface area contributed by atoms with Crippen molar-refractivity contribution in [2.45, 2.75) is 13.1 Å². The van der Waals surface area contributed by atoms with Crippen LogP contribution in [0.1, 0.15) is 21.6 Å². The number of anilines is 3. The summed E-state index contributed by atoms with van der Waals surface area (Å²) in [5.41, 5.74) is 1.23. The highest BCUT2D eigenvalue weighted by Gasteiger charge is 2.30. The number of alkyl halides is 3. The van der Waals surface area contributed by atoms with Crippen LogP contribution in [0.3, 0.4) is 0 Å². The predicted octanol–water partition coefficient (Wildman–Crippen LogP) is 4.33. The van der Waals surface area contributed by atoms with Gasteiger partial charge in [0.1, 0.15) is 5.75 Å². The molecule has 0 aliphatic rings. The van der Waals surface area contributed by atoms with Gasteiger partial charge >= 0.3 is 6.18 Å². The Labute approximate surface area is 192 Å². The number of carbonyl (C=O) groups is 1. The zero-order valence-electron chi connectivity index (χ0n) is 18.4. The van der Waals surface area contributed by atoms with Crippen LogP contribution in [-0.4, -0.2) is 37.3 Å². The van der Waals surface area contributed by atoms with Crippen molar-refractivity contribution in [1.82, 2.24) is 24.3 Å². The number of aryl methyl sites for hydroxylation is 2. The third-order valence-corrected chi connectivity index (χ3v) is 4.87. The van der Waals surface area contributed by atoms with Gasteiger partial charge in [-0.05, 0) is 43.3 Å². The van der Waals surface area contributed by atoms with Crippen LogP contribution in [-0.2, 0) is 13.2 Å². The average Bonchev–Trinajstić information content (AvgIpc) is 3.37. The van der Waals surface area contributed by atoms with Crippen molar-refractivity contribution in [1.29, 1.82) is 0 Å². The standard InChI is InChI=1S/C22H20F3N7O2/c1-13-11-32(12-26-13)17-8-7-14(9-18(17)34-3)19(33)28-20-29-21(31(2)30-20)27-16-6-4-5-15(10-16)22(23,24)25/h4-12H,1-3H3,(H2,27,28,29,30,33). The molecule has 2 aromatic carbocycles. The minimum absolute atomic E-state index is 0.0183. The van der Waals surface area contributed by atoms with Crippen molar-refractivity contribution in [2.24, 2.45) is 7.05 Å². The van der Waals surface area contributed by atoms with Crippen molar-refractivity contribution >= 4 is 23.5 Å². The smallest absolute Gasteiger partial charge is 0.416 e. The molecular weight excluding hydrogens is 451 g/mol. The van der Waals surface area contributed by atoms with E-state index >= 15 is 0 Å². The lowest BCUT2D eigenvalue weighted by Crippen LogP contribution is -2.13. The van der Waals surface area contributed by atoms with E-state index in [1.54, 1.807) is 36.1 Å². The fourth-order valence-corrected chi connectivity index (χ4v) is 3.21. The van der Waals surface area contributed by atoms with Gasteiger partial charge in [0.05, 0.1) is 30.4 Å². The van der Waals surface area contributed by atoms with E-state index in [4.69, 9.17) is 4.74 Å². The summed E-state index contributed by atoms with van der Waals surface area (Å²) < 4.78 is 47.4. The number of hydrogen-bond acceptors (Lipinski definition) is 6. The monoisotopic (exact) mass is 471 g/mol. The number of benzene rings is 2. The summed E-state index contributed by atoms with van der Waals surface area (Å²) in [6.07, 6.45) is -0.998. The number of ether oxygens (including phenoxy) is 1. The molecule has 0 unspecified atom stereocenters. The third kappa shape index (κ3) is 4.85. The highest BCUT2D eigenvalue weighted by molar-refractivity contribution is 6.03. The number of hydrogen-bond donors (Lipinski definition) is 2. The molecule has 0 radical (unpaired) electrons. The first-order chi connectivity index (χ1) is 16.1. The quantitative estimate of drug-likeness (QED) is 0.434. The predicted molar refractivity (Wildman–Crippen MR) is 119 cm³/mol. The highest BCUT2D eigenvalue weighted by Crippen LogP contribution is 2.31. The third-order valence-electron chi connectivity index (χ3n) is 4.87. The average molecular weight is 471 g/mol. The molecule has 9 nitrogen and oxygen atoms in total. The number of rotatable bonds is 6. The Morgan fingerprint density at radius 3 is 2.62 bits per heavy atom. The summed E-state index contributed by atoms with van der Waals surface area (Å²) in [4.78, 5) is 21.1. The molecule has 0 aliphatic heterocycles. The lowest BCUT2D eigenvalue weighted by atomic mass is 10.1. The van der Waals surface area contributed by atoms with Crippen molar-refractivity contribution in [3.05, 3.63) is 71.8 Å². The van der Waals surface area contributed by atoms with Crippen molar-refractivity contribution in [3.63, 3.8) is 0 Å². The van der Waals surface area contributed by atoms with Crippen LogP contribution in [0.2, 0.25) is 0 Å². The van der Waals surface area contributed by atoms with Gasteiger partial charge in [0.25, 0.3) is 11.9 Å². The van der Waals surface area contributed by atoms with Crippen LogP contribution in [0.15, 0.2) is 55.0 Å². The fourth-order valence-electron chi connectivity index (χ4n) is 3.21. The van der Waals surface area contributed by atoms with Crippen LogP contribution < -0.4 is 15.4 Å². The number of carbonyl (C=O) groups excluding carboxylic acids is 1. The molecule has 2 aromatic heterocycles. The molecule has 0 saturated heterocycles. The Morgan fingerprint density at radius 1 is 1.15 bits per heavy atom. The van der Waals surface area contributed by atoms with E-state index in [9.17, 15) is 18.0 Å². The van der Waals surface area contributed by atoms with Crippen LogP contribution in [0.25, 0.3) is 5.69 Å².